The zero-order valence-electron chi connectivity index (χ0n) is 10.7. The van der Waals surface area contributed by atoms with Crippen molar-refractivity contribution in [2.75, 3.05) is 5.43 Å². The Morgan fingerprint density at radius 3 is 3.05 bits per heavy atom. The van der Waals surface area contributed by atoms with Crippen molar-refractivity contribution < 1.29 is 0 Å². The summed E-state index contributed by atoms with van der Waals surface area (Å²) < 4.78 is 1.69. The normalized spacial score (nSPS) is 10.9. The molecule has 0 fully saturated rings. The Morgan fingerprint density at radius 2 is 2.30 bits per heavy atom. The Kier molecular flexibility index (Phi) is 3.44. The first-order chi connectivity index (χ1) is 9.78. The van der Waals surface area contributed by atoms with Gasteiger partial charge in [-0.05, 0) is 6.07 Å². The number of nitrogen functional groups attached to an aromatic ring is 1. The van der Waals surface area contributed by atoms with Crippen molar-refractivity contribution in [3.8, 4) is 0 Å². The molecule has 0 aliphatic carbocycles. The van der Waals surface area contributed by atoms with E-state index in [1.165, 1.54) is 18.1 Å². The molecule has 0 unspecified atom stereocenters. The second kappa shape index (κ2) is 5.39. The minimum Gasteiger partial charge on any atom is -0.308 e. The van der Waals surface area contributed by atoms with Gasteiger partial charge in [0.1, 0.15) is 12.2 Å². The molecule has 3 aromatic rings. The number of hydrazine groups is 1. The molecule has 0 amide bonds. The van der Waals surface area contributed by atoms with E-state index in [4.69, 9.17) is 5.84 Å². The van der Waals surface area contributed by atoms with Gasteiger partial charge in [0.15, 0.2) is 11.5 Å². The smallest absolute Gasteiger partial charge is 0.163 e. The van der Waals surface area contributed by atoms with Crippen LogP contribution in [0.1, 0.15) is 5.82 Å². The van der Waals surface area contributed by atoms with Gasteiger partial charge >= 0.3 is 0 Å². The molecule has 0 radical (unpaired) electrons. The highest BCUT2D eigenvalue weighted by atomic mass is 32.2. The molecule has 3 N–H and O–H groups in total. The maximum absolute atomic E-state index is 5.50. The summed E-state index contributed by atoms with van der Waals surface area (Å²) in [5.74, 6) is 7.32. The third kappa shape index (κ3) is 2.40. The first-order valence-electron chi connectivity index (χ1n) is 5.82. The standard InChI is InChI=1S/C11H12N8S/c1-19-11-7(4-15-19)10(18-12)16-8(17-11)5-20-9-2-3-13-6-14-9/h2-4,6H,5,12H2,1H3,(H,16,17,18). The summed E-state index contributed by atoms with van der Waals surface area (Å²) in [6.45, 7) is 0. The molecule has 3 heterocycles. The molecule has 0 bridgehead atoms. The Bertz CT molecular complexity index is 726. The quantitative estimate of drug-likeness (QED) is 0.313. The number of hydrogen-bond acceptors (Lipinski definition) is 8. The van der Waals surface area contributed by atoms with Gasteiger partial charge in [0.25, 0.3) is 0 Å². The number of nitrogens with two attached hydrogens (primary N) is 1. The van der Waals surface area contributed by atoms with Gasteiger partial charge in [-0.2, -0.15) is 5.10 Å². The van der Waals surface area contributed by atoms with Gasteiger partial charge in [0, 0.05) is 13.2 Å². The van der Waals surface area contributed by atoms with Gasteiger partial charge in [-0.1, -0.05) is 11.8 Å². The van der Waals surface area contributed by atoms with Crippen LogP contribution in [0.3, 0.4) is 0 Å². The number of thioether (sulfide) groups is 1. The number of nitrogens with zero attached hydrogens (tertiary/aromatic N) is 6. The fourth-order valence-corrected chi connectivity index (χ4v) is 2.43. The molecule has 3 rings (SSSR count). The van der Waals surface area contributed by atoms with E-state index in [0.717, 1.165) is 16.1 Å². The molecule has 0 saturated heterocycles. The maximum atomic E-state index is 5.50. The number of aromatic nitrogens is 6. The highest BCUT2D eigenvalue weighted by Crippen LogP contribution is 2.22. The summed E-state index contributed by atoms with van der Waals surface area (Å²) in [7, 11) is 1.83. The van der Waals surface area contributed by atoms with E-state index in [9.17, 15) is 0 Å². The van der Waals surface area contributed by atoms with E-state index in [1.807, 2.05) is 13.1 Å². The number of anilines is 1. The molecule has 0 atom stereocenters. The van der Waals surface area contributed by atoms with Crippen molar-refractivity contribution in [2.45, 2.75) is 10.8 Å². The van der Waals surface area contributed by atoms with Crippen molar-refractivity contribution in [3.05, 3.63) is 30.6 Å². The van der Waals surface area contributed by atoms with Crippen LogP contribution in [-0.4, -0.2) is 29.7 Å². The molecule has 0 saturated carbocycles. The summed E-state index contributed by atoms with van der Waals surface area (Å²) in [4.78, 5) is 16.9. The number of aryl methyl sites for hydroxylation is 1. The van der Waals surface area contributed by atoms with E-state index >= 15 is 0 Å². The topological polar surface area (TPSA) is 107 Å². The van der Waals surface area contributed by atoms with Crippen LogP contribution in [0.4, 0.5) is 5.82 Å². The zero-order chi connectivity index (χ0) is 13.9. The Balaban J connectivity index is 1.89. The largest absolute Gasteiger partial charge is 0.308 e. The van der Waals surface area contributed by atoms with Gasteiger partial charge < -0.3 is 5.43 Å². The molecule has 102 valence electrons. The van der Waals surface area contributed by atoms with Crippen LogP contribution >= 0.6 is 11.8 Å². The van der Waals surface area contributed by atoms with Gasteiger partial charge in [-0.15, -0.1) is 0 Å². The van der Waals surface area contributed by atoms with Crippen molar-refractivity contribution >= 4 is 28.6 Å². The molecule has 9 heteroatoms. The SMILES string of the molecule is Cn1ncc2c(NN)nc(CSc3ccncn3)nc21. The molecular weight excluding hydrogens is 276 g/mol. The van der Waals surface area contributed by atoms with Gasteiger partial charge in [0.2, 0.25) is 0 Å². The maximum Gasteiger partial charge on any atom is 0.163 e. The van der Waals surface area contributed by atoms with Crippen LogP contribution in [-0.2, 0) is 12.8 Å². The summed E-state index contributed by atoms with van der Waals surface area (Å²) in [6.07, 6.45) is 4.90. The van der Waals surface area contributed by atoms with E-state index in [1.54, 1.807) is 17.1 Å². The van der Waals surface area contributed by atoms with Crippen LogP contribution in [0.5, 0.6) is 0 Å². The summed E-state index contributed by atoms with van der Waals surface area (Å²) in [5, 5.41) is 5.82. The number of nitrogens with one attached hydrogen (secondary N) is 1. The van der Waals surface area contributed by atoms with E-state index in [-0.39, 0.29) is 0 Å². The predicted molar refractivity (Wildman–Crippen MR) is 75.7 cm³/mol. The van der Waals surface area contributed by atoms with Crippen LogP contribution in [0.25, 0.3) is 11.0 Å². The van der Waals surface area contributed by atoms with E-state index in [2.05, 4.69) is 30.5 Å². The first kappa shape index (κ1) is 12.8. The summed E-state index contributed by atoms with van der Waals surface area (Å²) in [6, 6.07) is 1.84. The summed E-state index contributed by atoms with van der Waals surface area (Å²) in [5.41, 5.74) is 3.32. The minimum atomic E-state index is 0.571. The van der Waals surface area contributed by atoms with Crippen LogP contribution < -0.4 is 11.3 Å². The van der Waals surface area contributed by atoms with Crippen LogP contribution in [0.2, 0.25) is 0 Å². The third-order valence-electron chi connectivity index (χ3n) is 2.68. The summed E-state index contributed by atoms with van der Waals surface area (Å²) >= 11 is 1.54. The molecule has 0 aliphatic heterocycles. The first-order valence-corrected chi connectivity index (χ1v) is 6.80. The van der Waals surface area contributed by atoms with Crippen molar-refractivity contribution in [2.24, 2.45) is 12.9 Å². The Labute approximate surface area is 118 Å². The van der Waals surface area contributed by atoms with Crippen molar-refractivity contribution in [1.82, 2.24) is 29.7 Å². The molecule has 0 aliphatic rings. The Hall–Kier alpha value is -2.26. The fraction of sp³-hybridized carbons (Fsp3) is 0.182. The second-order valence-electron chi connectivity index (χ2n) is 3.97. The number of hydrogen-bond donors (Lipinski definition) is 2. The van der Waals surface area contributed by atoms with E-state index < -0.39 is 0 Å². The molecular formula is C11H12N8S. The van der Waals surface area contributed by atoms with Crippen molar-refractivity contribution in [1.29, 1.82) is 0 Å². The lowest BCUT2D eigenvalue weighted by molar-refractivity contribution is 0.782. The average Bonchev–Trinajstić information content (AvgIpc) is 2.87. The number of fused-ring (bicyclic) bond motifs is 1. The van der Waals surface area contributed by atoms with Crippen LogP contribution in [0.15, 0.2) is 29.8 Å². The highest BCUT2D eigenvalue weighted by Gasteiger charge is 2.11. The lowest BCUT2D eigenvalue weighted by Gasteiger charge is -2.05. The Morgan fingerprint density at radius 1 is 1.40 bits per heavy atom. The second-order valence-corrected chi connectivity index (χ2v) is 4.97. The molecule has 8 nitrogen and oxygen atoms in total. The third-order valence-corrected chi connectivity index (χ3v) is 3.62. The van der Waals surface area contributed by atoms with Gasteiger partial charge in [-0.25, -0.2) is 25.8 Å². The molecule has 0 aromatic carbocycles. The lowest BCUT2D eigenvalue weighted by atomic mass is 10.4. The number of rotatable bonds is 4. The van der Waals surface area contributed by atoms with Crippen LogP contribution in [0, 0.1) is 0 Å². The van der Waals surface area contributed by atoms with Gasteiger partial charge in [0.05, 0.1) is 22.4 Å². The van der Waals surface area contributed by atoms with Crippen molar-refractivity contribution in [3.63, 3.8) is 0 Å². The fourth-order valence-electron chi connectivity index (χ4n) is 1.74. The molecule has 20 heavy (non-hydrogen) atoms. The van der Waals surface area contributed by atoms with Gasteiger partial charge in [-0.3, -0.25) is 4.68 Å². The minimum absolute atomic E-state index is 0.571. The average molecular weight is 288 g/mol. The molecule has 3 aromatic heterocycles. The predicted octanol–water partition coefficient (Wildman–Crippen LogP) is 0.731. The lowest BCUT2D eigenvalue weighted by Crippen LogP contribution is -2.11. The molecule has 0 spiro atoms. The van der Waals surface area contributed by atoms with E-state index in [0.29, 0.717) is 17.4 Å². The monoisotopic (exact) mass is 288 g/mol. The highest BCUT2D eigenvalue weighted by molar-refractivity contribution is 7.98. The zero-order valence-corrected chi connectivity index (χ0v) is 11.5.